The van der Waals surface area contributed by atoms with Crippen molar-refractivity contribution in [2.75, 3.05) is 11.9 Å². The van der Waals surface area contributed by atoms with Crippen molar-refractivity contribution >= 4 is 23.1 Å². The lowest BCUT2D eigenvalue weighted by Gasteiger charge is -2.22. The van der Waals surface area contributed by atoms with Gasteiger partial charge in [-0.3, -0.25) is 4.68 Å². The van der Waals surface area contributed by atoms with E-state index in [1.165, 1.54) is 16.9 Å². The van der Waals surface area contributed by atoms with Gasteiger partial charge in [-0.1, -0.05) is 0 Å². The summed E-state index contributed by atoms with van der Waals surface area (Å²) in [6.45, 7) is 5.35. The van der Waals surface area contributed by atoms with Gasteiger partial charge < -0.3 is 10.1 Å². The fourth-order valence-corrected chi connectivity index (χ4v) is 2.25. The molecule has 11 heteroatoms. The molecule has 0 unspecified atom stereocenters. The first-order valence-electron chi connectivity index (χ1n) is 7.83. The van der Waals surface area contributed by atoms with Crippen LogP contribution in [0.3, 0.4) is 0 Å². The zero-order valence-electron chi connectivity index (χ0n) is 14.3. The number of aromatic nitrogens is 6. The molecule has 0 aromatic carbocycles. The number of nitrogens with one attached hydrogen (secondary N) is 1. The van der Waals surface area contributed by atoms with Gasteiger partial charge in [0.05, 0.1) is 18.5 Å². The normalized spacial score (nSPS) is 11.9. The van der Waals surface area contributed by atoms with E-state index in [-0.39, 0.29) is 12.3 Å². The standard InChI is InChI=1S/C15H17F2N7O2/c1-4-26-14(25)15(2,3)23-8-9(7-18-23)19-10-5-6-11-20-21-13(12(16)17)24(11)22-10/h5-8,12H,4H2,1-3H3,(H,19,22). The van der Waals surface area contributed by atoms with Crippen LogP contribution in [-0.4, -0.2) is 42.2 Å². The lowest BCUT2D eigenvalue weighted by atomic mass is 10.1. The molecule has 3 rings (SSSR count). The largest absolute Gasteiger partial charge is 0.464 e. The summed E-state index contributed by atoms with van der Waals surface area (Å²) in [4.78, 5) is 12.0. The van der Waals surface area contributed by atoms with Gasteiger partial charge in [0.2, 0.25) is 5.82 Å². The van der Waals surface area contributed by atoms with Gasteiger partial charge in [0.25, 0.3) is 6.43 Å². The van der Waals surface area contributed by atoms with Crippen LogP contribution in [0, 0.1) is 0 Å². The zero-order chi connectivity index (χ0) is 18.9. The molecule has 0 aliphatic carbocycles. The summed E-state index contributed by atoms with van der Waals surface area (Å²) < 4.78 is 33.3. The minimum atomic E-state index is -2.79. The molecular weight excluding hydrogens is 348 g/mol. The molecule has 0 spiro atoms. The number of fused-ring (bicyclic) bond motifs is 1. The first kappa shape index (κ1) is 17.7. The van der Waals surface area contributed by atoms with E-state index in [1.54, 1.807) is 33.0 Å². The molecule has 9 nitrogen and oxygen atoms in total. The summed E-state index contributed by atoms with van der Waals surface area (Å²) in [6.07, 6.45) is 0.302. The molecule has 0 radical (unpaired) electrons. The van der Waals surface area contributed by atoms with E-state index in [9.17, 15) is 13.6 Å². The number of halogens is 2. The van der Waals surface area contributed by atoms with Gasteiger partial charge >= 0.3 is 5.97 Å². The van der Waals surface area contributed by atoms with E-state index < -0.39 is 23.8 Å². The van der Waals surface area contributed by atoms with Gasteiger partial charge in [-0.05, 0) is 32.9 Å². The average Bonchev–Trinajstić information content (AvgIpc) is 3.22. The van der Waals surface area contributed by atoms with Gasteiger partial charge in [-0.2, -0.15) is 9.61 Å². The molecule has 0 aliphatic rings. The zero-order valence-corrected chi connectivity index (χ0v) is 14.3. The third-order valence-corrected chi connectivity index (χ3v) is 3.68. The van der Waals surface area contributed by atoms with Crippen molar-refractivity contribution in [1.82, 2.24) is 29.6 Å². The van der Waals surface area contributed by atoms with Gasteiger partial charge in [-0.15, -0.1) is 15.3 Å². The molecule has 3 aromatic rings. The van der Waals surface area contributed by atoms with Crippen molar-refractivity contribution in [2.45, 2.75) is 32.7 Å². The second-order valence-electron chi connectivity index (χ2n) is 5.93. The monoisotopic (exact) mass is 365 g/mol. The van der Waals surface area contributed by atoms with Crippen molar-refractivity contribution in [3.05, 3.63) is 30.4 Å². The number of rotatable bonds is 6. The van der Waals surface area contributed by atoms with Crippen molar-refractivity contribution in [2.24, 2.45) is 0 Å². The first-order valence-corrected chi connectivity index (χ1v) is 7.83. The van der Waals surface area contributed by atoms with Crippen LogP contribution < -0.4 is 5.32 Å². The molecule has 0 amide bonds. The second kappa shape index (κ2) is 6.65. The lowest BCUT2D eigenvalue weighted by Crippen LogP contribution is -2.37. The summed E-state index contributed by atoms with van der Waals surface area (Å²) in [7, 11) is 0. The van der Waals surface area contributed by atoms with Crippen LogP contribution in [0.5, 0.6) is 0 Å². The summed E-state index contributed by atoms with van der Waals surface area (Å²) in [5, 5.41) is 18.2. The van der Waals surface area contributed by atoms with Crippen LogP contribution in [0.2, 0.25) is 0 Å². The van der Waals surface area contributed by atoms with Gasteiger partial charge in [0.15, 0.2) is 17.0 Å². The molecule has 1 N–H and O–H groups in total. The Bertz CT molecular complexity index is 935. The minimum absolute atomic E-state index is 0.213. The van der Waals surface area contributed by atoms with Gasteiger partial charge in [-0.25, -0.2) is 13.6 Å². The molecule has 0 saturated carbocycles. The SMILES string of the molecule is CCOC(=O)C(C)(C)n1cc(Nc2ccc3nnc(C(F)F)n3n2)cn1. The highest BCUT2D eigenvalue weighted by Crippen LogP contribution is 2.22. The van der Waals surface area contributed by atoms with Crippen molar-refractivity contribution < 1.29 is 18.3 Å². The van der Waals surface area contributed by atoms with Crippen LogP contribution in [0.4, 0.5) is 20.3 Å². The molecule has 0 atom stereocenters. The summed E-state index contributed by atoms with van der Waals surface area (Å²) >= 11 is 0. The molecule has 0 fully saturated rings. The molecule has 0 saturated heterocycles. The van der Waals surface area contributed by atoms with Crippen molar-refractivity contribution in [3.63, 3.8) is 0 Å². The third-order valence-electron chi connectivity index (χ3n) is 3.68. The van der Waals surface area contributed by atoms with Crippen molar-refractivity contribution in [1.29, 1.82) is 0 Å². The Morgan fingerprint density at radius 3 is 2.81 bits per heavy atom. The number of anilines is 2. The number of alkyl halides is 2. The van der Waals surface area contributed by atoms with Crippen LogP contribution in [0.15, 0.2) is 24.5 Å². The smallest absolute Gasteiger partial charge is 0.333 e. The minimum Gasteiger partial charge on any atom is -0.464 e. The molecule has 3 aromatic heterocycles. The second-order valence-corrected chi connectivity index (χ2v) is 5.93. The number of hydrogen-bond donors (Lipinski definition) is 1. The van der Waals surface area contributed by atoms with E-state index >= 15 is 0 Å². The fraction of sp³-hybridized carbons (Fsp3) is 0.400. The Hall–Kier alpha value is -3.11. The summed E-state index contributed by atoms with van der Waals surface area (Å²) in [5.74, 6) is -0.657. The number of nitrogens with zero attached hydrogens (tertiary/aromatic N) is 6. The number of ether oxygens (including phenoxy) is 1. The first-order chi connectivity index (χ1) is 12.3. The van der Waals surface area contributed by atoms with E-state index in [0.717, 1.165) is 4.52 Å². The van der Waals surface area contributed by atoms with Crippen molar-refractivity contribution in [3.8, 4) is 0 Å². The highest BCUT2D eigenvalue weighted by Gasteiger charge is 2.32. The molecule has 3 heterocycles. The molecular formula is C15H17F2N7O2. The maximum atomic E-state index is 12.9. The number of carbonyl (C=O) groups excluding carboxylic acids is 1. The van der Waals surface area contributed by atoms with E-state index in [2.05, 4.69) is 25.7 Å². The van der Waals surface area contributed by atoms with Crippen LogP contribution >= 0.6 is 0 Å². The summed E-state index contributed by atoms with van der Waals surface area (Å²) in [5.41, 5.74) is -0.254. The topological polar surface area (TPSA) is 99.2 Å². The quantitative estimate of drug-likeness (QED) is 0.669. The fourth-order valence-electron chi connectivity index (χ4n) is 2.25. The highest BCUT2D eigenvalue weighted by atomic mass is 19.3. The highest BCUT2D eigenvalue weighted by molar-refractivity contribution is 5.78. The molecule has 0 bridgehead atoms. The number of carbonyl (C=O) groups is 1. The number of hydrogen-bond acceptors (Lipinski definition) is 7. The Balaban J connectivity index is 1.84. The maximum absolute atomic E-state index is 12.9. The Kier molecular flexibility index (Phi) is 4.53. The Labute approximate surface area is 147 Å². The summed E-state index contributed by atoms with van der Waals surface area (Å²) in [6, 6.07) is 3.09. The molecule has 0 aliphatic heterocycles. The van der Waals surface area contributed by atoms with E-state index in [4.69, 9.17) is 4.74 Å². The molecule has 26 heavy (non-hydrogen) atoms. The lowest BCUT2D eigenvalue weighted by molar-refractivity contribution is -0.152. The van der Waals surface area contributed by atoms with Gasteiger partial charge in [0.1, 0.15) is 0 Å². The Morgan fingerprint density at radius 1 is 1.35 bits per heavy atom. The predicted molar refractivity (Wildman–Crippen MR) is 87.2 cm³/mol. The van der Waals surface area contributed by atoms with Crippen LogP contribution in [0.1, 0.15) is 33.0 Å². The van der Waals surface area contributed by atoms with E-state index in [0.29, 0.717) is 11.5 Å². The third kappa shape index (κ3) is 3.19. The van der Waals surface area contributed by atoms with Crippen LogP contribution in [-0.2, 0) is 15.1 Å². The van der Waals surface area contributed by atoms with Crippen LogP contribution in [0.25, 0.3) is 5.65 Å². The average molecular weight is 365 g/mol. The number of esters is 1. The van der Waals surface area contributed by atoms with E-state index in [1.807, 2.05) is 0 Å². The Morgan fingerprint density at radius 2 is 2.12 bits per heavy atom. The maximum Gasteiger partial charge on any atom is 0.333 e. The van der Waals surface area contributed by atoms with Gasteiger partial charge in [0, 0.05) is 6.20 Å². The molecule has 138 valence electrons. The predicted octanol–water partition coefficient (Wildman–Crippen LogP) is 2.30.